The van der Waals surface area contributed by atoms with Gasteiger partial charge in [0, 0.05) is 30.4 Å². The second-order valence-corrected chi connectivity index (χ2v) is 7.09. The normalized spacial score (nSPS) is 13.4. The summed E-state index contributed by atoms with van der Waals surface area (Å²) in [4.78, 5) is 11.2. The van der Waals surface area contributed by atoms with Crippen LogP contribution in [0, 0.1) is 12.7 Å². The highest BCUT2D eigenvalue weighted by Gasteiger charge is 2.21. The van der Waals surface area contributed by atoms with Crippen LogP contribution in [0.3, 0.4) is 0 Å². The van der Waals surface area contributed by atoms with Crippen LogP contribution in [0.2, 0.25) is 0 Å². The number of benzene rings is 2. The lowest BCUT2D eigenvalue weighted by Crippen LogP contribution is -2.31. The molecule has 0 fully saturated rings. The van der Waals surface area contributed by atoms with E-state index in [1.54, 1.807) is 30.3 Å². The lowest BCUT2D eigenvalue weighted by atomic mass is 9.79. The van der Waals surface area contributed by atoms with Gasteiger partial charge < -0.3 is 19.7 Å². The summed E-state index contributed by atoms with van der Waals surface area (Å²) in [5.41, 5.74) is 4.12. The van der Waals surface area contributed by atoms with Gasteiger partial charge in [0.15, 0.2) is 0 Å². The molecule has 0 atom stereocenters. The second kappa shape index (κ2) is 8.18. The average molecular weight is 393 g/mol. The van der Waals surface area contributed by atoms with Gasteiger partial charge in [-0.15, -0.1) is 0 Å². The summed E-state index contributed by atoms with van der Waals surface area (Å²) in [6, 6.07) is 11.6. The van der Waals surface area contributed by atoms with Crippen molar-refractivity contribution in [2.24, 2.45) is 0 Å². The molecule has 4 rings (SSSR count). The van der Waals surface area contributed by atoms with E-state index in [9.17, 15) is 14.4 Å². The first-order chi connectivity index (χ1) is 14.0. The first kappa shape index (κ1) is 19.4. The van der Waals surface area contributed by atoms with Crippen LogP contribution in [0.15, 0.2) is 48.7 Å². The molecular formula is C21H21BFN3O3. The monoisotopic (exact) mass is 393 g/mol. The molecule has 0 unspecified atom stereocenters. The molecule has 0 spiro atoms. The summed E-state index contributed by atoms with van der Waals surface area (Å²) in [7, 11) is -1.53. The van der Waals surface area contributed by atoms with Gasteiger partial charge in [-0.05, 0) is 41.7 Å². The van der Waals surface area contributed by atoms with Gasteiger partial charge in [0.25, 0.3) is 0 Å². The van der Waals surface area contributed by atoms with Crippen molar-refractivity contribution in [1.29, 1.82) is 0 Å². The number of aryl methyl sites for hydroxylation is 1. The van der Waals surface area contributed by atoms with Gasteiger partial charge in [0.1, 0.15) is 18.2 Å². The Morgan fingerprint density at radius 1 is 1.17 bits per heavy atom. The van der Waals surface area contributed by atoms with Gasteiger partial charge >= 0.3 is 7.12 Å². The lowest BCUT2D eigenvalue weighted by Gasteiger charge is -2.21. The fourth-order valence-electron chi connectivity index (χ4n) is 3.37. The molecule has 0 saturated heterocycles. The third-order valence-electron chi connectivity index (χ3n) is 5.02. The Balaban J connectivity index is 1.55. The van der Waals surface area contributed by atoms with Gasteiger partial charge in [0.2, 0.25) is 5.95 Å². The molecule has 0 radical (unpaired) electrons. The van der Waals surface area contributed by atoms with E-state index in [4.69, 9.17) is 4.74 Å². The van der Waals surface area contributed by atoms with E-state index in [1.807, 2.05) is 18.0 Å². The fraction of sp³-hybridized carbons (Fsp3) is 0.238. The summed E-state index contributed by atoms with van der Waals surface area (Å²) < 4.78 is 18.9. The van der Waals surface area contributed by atoms with Gasteiger partial charge in [-0.25, -0.2) is 14.4 Å². The number of hydrogen-bond donors (Lipinski definition) is 2. The maximum atomic E-state index is 13.1. The average Bonchev–Trinajstić information content (AvgIpc) is 2.93. The topological polar surface area (TPSA) is 78.7 Å². The number of hydrogen-bond acceptors (Lipinski definition) is 6. The van der Waals surface area contributed by atoms with E-state index in [2.05, 4.69) is 9.97 Å². The molecule has 0 amide bonds. The molecule has 2 heterocycles. The smallest absolute Gasteiger partial charge is 0.488 e. The highest BCUT2D eigenvalue weighted by molar-refractivity contribution is 6.58. The molecule has 0 saturated carbocycles. The van der Waals surface area contributed by atoms with E-state index < -0.39 is 7.12 Å². The van der Waals surface area contributed by atoms with Crippen LogP contribution in [0.1, 0.15) is 22.4 Å². The minimum Gasteiger partial charge on any atom is -0.491 e. The van der Waals surface area contributed by atoms with Crippen LogP contribution in [0.4, 0.5) is 10.3 Å². The van der Waals surface area contributed by atoms with Crippen LogP contribution in [0.5, 0.6) is 5.75 Å². The van der Waals surface area contributed by atoms with Gasteiger partial charge in [0.05, 0.1) is 6.54 Å². The molecule has 2 aromatic carbocycles. The quantitative estimate of drug-likeness (QED) is 0.656. The predicted octanol–water partition coefficient (Wildman–Crippen LogP) is 1.59. The number of rotatable bonds is 4. The number of aromatic nitrogens is 2. The van der Waals surface area contributed by atoms with Gasteiger partial charge in [-0.1, -0.05) is 24.3 Å². The molecular weight excluding hydrogens is 372 g/mol. The van der Waals surface area contributed by atoms with Crippen molar-refractivity contribution in [3.05, 3.63) is 76.9 Å². The largest absolute Gasteiger partial charge is 0.491 e. The van der Waals surface area contributed by atoms with E-state index >= 15 is 0 Å². The maximum absolute atomic E-state index is 13.1. The summed E-state index contributed by atoms with van der Waals surface area (Å²) in [5, 5.41) is 18.9. The molecule has 148 valence electrons. The van der Waals surface area contributed by atoms with Crippen LogP contribution < -0.4 is 15.1 Å². The number of ether oxygens (including phenoxy) is 1. The van der Waals surface area contributed by atoms with Crippen LogP contribution in [0.25, 0.3) is 0 Å². The van der Waals surface area contributed by atoms with E-state index in [-0.39, 0.29) is 5.82 Å². The van der Waals surface area contributed by atoms with Crippen molar-refractivity contribution in [3.63, 3.8) is 0 Å². The Morgan fingerprint density at radius 3 is 2.69 bits per heavy atom. The SMILES string of the molecule is Cc1nc(N2CCOc3ccc(B(O)O)cc3C2)ncc1Cc1ccc(F)cc1. The first-order valence-corrected chi connectivity index (χ1v) is 9.43. The minimum absolute atomic E-state index is 0.252. The number of halogens is 1. The van der Waals surface area contributed by atoms with Crippen molar-refractivity contribution in [2.45, 2.75) is 19.9 Å². The van der Waals surface area contributed by atoms with Crippen molar-refractivity contribution in [1.82, 2.24) is 9.97 Å². The predicted molar refractivity (Wildman–Crippen MR) is 109 cm³/mol. The molecule has 2 N–H and O–H groups in total. The first-order valence-electron chi connectivity index (χ1n) is 9.43. The maximum Gasteiger partial charge on any atom is 0.488 e. The Kier molecular flexibility index (Phi) is 5.46. The Hall–Kier alpha value is -2.97. The molecule has 1 aromatic heterocycles. The van der Waals surface area contributed by atoms with Crippen LogP contribution in [-0.2, 0) is 13.0 Å². The zero-order chi connectivity index (χ0) is 20.4. The summed E-state index contributed by atoms with van der Waals surface area (Å²) in [6.07, 6.45) is 2.44. The summed E-state index contributed by atoms with van der Waals surface area (Å²) in [6.45, 7) is 3.54. The third-order valence-corrected chi connectivity index (χ3v) is 5.02. The molecule has 3 aromatic rings. The van der Waals surface area contributed by atoms with Crippen LogP contribution in [-0.4, -0.2) is 40.3 Å². The third kappa shape index (κ3) is 4.39. The Morgan fingerprint density at radius 2 is 1.97 bits per heavy atom. The van der Waals surface area contributed by atoms with E-state index in [0.29, 0.717) is 37.5 Å². The molecule has 0 bridgehead atoms. The second-order valence-electron chi connectivity index (χ2n) is 7.09. The minimum atomic E-state index is -1.53. The molecule has 1 aliphatic rings. The molecule has 6 nitrogen and oxygen atoms in total. The number of anilines is 1. The summed E-state index contributed by atoms with van der Waals surface area (Å²) in [5.74, 6) is 1.07. The van der Waals surface area contributed by atoms with Crippen molar-refractivity contribution < 1.29 is 19.2 Å². The Bertz CT molecular complexity index is 1010. The number of nitrogens with zero attached hydrogens (tertiary/aromatic N) is 3. The zero-order valence-electron chi connectivity index (χ0n) is 16.0. The van der Waals surface area contributed by atoms with Gasteiger partial charge in [-0.2, -0.15) is 0 Å². The van der Waals surface area contributed by atoms with Crippen molar-refractivity contribution in [2.75, 3.05) is 18.1 Å². The highest BCUT2D eigenvalue weighted by atomic mass is 19.1. The standard InChI is InChI=1S/C21H21BFN3O3/c1-14-16(10-15-2-5-19(23)6-3-15)12-24-21(25-14)26-8-9-29-20-7-4-18(22(27)28)11-17(20)13-26/h2-7,11-12,27-28H,8-10,13H2,1H3. The van der Waals surface area contributed by atoms with Gasteiger partial charge in [-0.3, -0.25) is 0 Å². The lowest BCUT2D eigenvalue weighted by molar-refractivity contribution is 0.331. The molecule has 29 heavy (non-hydrogen) atoms. The van der Waals surface area contributed by atoms with Crippen LogP contribution >= 0.6 is 0 Å². The number of fused-ring (bicyclic) bond motifs is 1. The highest BCUT2D eigenvalue weighted by Crippen LogP contribution is 2.24. The van der Waals surface area contributed by atoms with E-state index in [0.717, 1.165) is 28.1 Å². The van der Waals surface area contributed by atoms with Crippen molar-refractivity contribution in [3.8, 4) is 5.75 Å². The Labute approximate surface area is 168 Å². The zero-order valence-corrected chi connectivity index (χ0v) is 16.0. The molecule has 1 aliphatic heterocycles. The van der Waals surface area contributed by atoms with E-state index in [1.165, 1.54) is 12.1 Å². The fourth-order valence-corrected chi connectivity index (χ4v) is 3.37. The summed E-state index contributed by atoms with van der Waals surface area (Å²) >= 11 is 0. The molecule has 0 aliphatic carbocycles. The van der Waals surface area contributed by atoms with Crippen molar-refractivity contribution >= 4 is 18.5 Å². The molecule has 8 heteroatoms.